The van der Waals surface area contributed by atoms with Crippen LogP contribution in [0.2, 0.25) is 0 Å². The Morgan fingerprint density at radius 2 is 1.78 bits per heavy atom. The van der Waals surface area contributed by atoms with E-state index in [1.165, 1.54) is 29.2 Å². The number of nitrogens with zero attached hydrogens (tertiary/aromatic N) is 2. The summed E-state index contributed by atoms with van der Waals surface area (Å²) in [6.45, 7) is 5.77. The largest absolute Gasteiger partial charge is 0.497 e. The summed E-state index contributed by atoms with van der Waals surface area (Å²) in [5.74, 6) is -0.373. The van der Waals surface area contributed by atoms with Crippen LogP contribution in [-0.2, 0) is 26.2 Å². The molecule has 1 N–H and O–H groups in total. The molecule has 0 aliphatic carbocycles. The van der Waals surface area contributed by atoms with Gasteiger partial charge in [0.15, 0.2) is 0 Å². The minimum absolute atomic E-state index is 0.0259. The van der Waals surface area contributed by atoms with E-state index in [2.05, 4.69) is 5.32 Å². The number of rotatable bonds is 13. The van der Waals surface area contributed by atoms with Crippen LogP contribution in [0, 0.1) is 5.82 Å². The maximum absolute atomic E-state index is 13.3. The quantitative estimate of drug-likeness (QED) is 0.434. The standard InChI is InChI=1S/C26H36FN3O5S/c1-6-19(2)28-26(32)20(3)29(18-21-9-7-10-24(17-21)35-4)25(31)11-8-16-30(36(5,33)34)23-14-12-22(27)13-15-23/h7,9-10,12-15,17,19-20H,6,8,11,16,18H2,1-5H3,(H,28,32)/t19-,20-/m1/s1. The first-order valence-corrected chi connectivity index (χ1v) is 13.8. The van der Waals surface area contributed by atoms with E-state index in [9.17, 15) is 22.4 Å². The summed E-state index contributed by atoms with van der Waals surface area (Å²) in [4.78, 5) is 27.7. The maximum atomic E-state index is 13.3. The minimum atomic E-state index is -3.64. The van der Waals surface area contributed by atoms with Gasteiger partial charge in [0, 0.05) is 25.6 Å². The number of hydrogen-bond donors (Lipinski definition) is 1. The van der Waals surface area contributed by atoms with E-state index in [4.69, 9.17) is 4.74 Å². The number of carbonyl (C=O) groups excluding carboxylic acids is 2. The molecule has 0 unspecified atom stereocenters. The molecule has 198 valence electrons. The lowest BCUT2D eigenvalue weighted by atomic mass is 10.1. The number of halogens is 1. The number of hydrogen-bond acceptors (Lipinski definition) is 5. The predicted octanol–water partition coefficient (Wildman–Crippen LogP) is 3.71. The van der Waals surface area contributed by atoms with Crippen molar-refractivity contribution in [2.45, 2.75) is 58.7 Å². The molecule has 8 nitrogen and oxygen atoms in total. The van der Waals surface area contributed by atoms with E-state index < -0.39 is 21.9 Å². The van der Waals surface area contributed by atoms with Gasteiger partial charge in [0.25, 0.3) is 0 Å². The van der Waals surface area contributed by atoms with E-state index in [1.807, 2.05) is 26.0 Å². The maximum Gasteiger partial charge on any atom is 0.242 e. The van der Waals surface area contributed by atoms with Crippen LogP contribution in [0.1, 0.15) is 45.6 Å². The third-order valence-corrected chi connectivity index (χ3v) is 7.12. The normalized spacial score (nSPS) is 12.9. The molecule has 0 bridgehead atoms. The van der Waals surface area contributed by atoms with Crippen molar-refractivity contribution in [1.29, 1.82) is 0 Å². The molecule has 2 rings (SSSR count). The first kappa shape index (κ1) is 29.1. The summed E-state index contributed by atoms with van der Waals surface area (Å²) in [6, 6.07) is 11.6. The number of amides is 2. The number of nitrogens with one attached hydrogen (secondary N) is 1. The average molecular weight is 522 g/mol. The Bertz CT molecular complexity index is 1120. The van der Waals surface area contributed by atoms with Crippen LogP contribution in [0.4, 0.5) is 10.1 Å². The highest BCUT2D eigenvalue weighted by molar-refractivity contribution is 7.92. The number of anilines is 1. The molecule has 36 heavy (non-hydrogen) atoms. The zero-order valence-corrected chi connectivity index (χ0v) is 22.3. The van der Waals surface area contributed by atoms with Crippen LogP contribution < -0.4 is 14.4 Å². The number of ether oxygens (including phenoxy) is 1. The van der Waals surface area contributed by atoms with Gasteiger partial charge in [0.05, 0.1) is 19.1 Å². The Hall–Kier alpha value is -3.14. The van der Waals surface area contributed by atoms with Crippen LogP contribution in [-0.4, -0.2) is 57.1 Å². The second-order valence-corrected chi connectivity index (χ2v) is 10.7. The van der Waals surface area contributed by atoms with Gasteiger partial charge in [-0.3, -0.25) is 13.9 Å². The number of sulfonamides is 1. The van der Waals surface area contributed by atoms with Crippen molar-refractivity contribution in [2.24, 2.45) is 0 Å². The highest BCUT2D eigenvalue weighted by atomic mass is 32.2. The van der Waals surface area contributed by atoms with Gasteiger partial charge in [-0.25, -0.2) is 12.8 Å². The molecule has 2 aromatic carbocycles. The molecular formula is C26H36FN3O5S. The highest BCUT2D eigenvalue weighted by Crippen LogP contribution is 2.20. The third-order valence-electron chi connectivity index (χ3n) is 5.92. The lowest BCUT2D eigenvalue weighted by Gasteiger charge is -2.30. The van der Waals surface area contributed by atoms with Crippen molar-refractivity contribution in [2.75, 3.05) is 24.2 Å². The third kappa shape index (κ3) is 8.51. The van der Waals surface area contributed by atoms with E-state index >= 15 is 0 Å². The topological polar surface area (TPSA) is 96.0 Å². The molecule has 0 saturated carbocycles. The molecule has 2 aromatic rings. The number of carbonyl (C=O) groups is 2. The van der Waals surface area contributed by atoms with Crippen LogP contribution in [0.3, 0.4) is 0 Å². The average Bonchev–Trinajstić information content (AvgIpc) is 2.84. The summed E-state index contributed by atoms with van der Waals surface area (Å²) in [7, 11) is -2.09. The zero-order valence-electron chi connectivity index (χ0n) is 21.5. The SMILES string of the molecule is CC[C@@H](C)NC(=O)[C@@H](C)N(Cc1cccc(OC)c1)C(=O)CCCN(c1ccc(F)cc1)S(C)(=O)=O. The summed E-state index contributed by atoms with van der Waals surface area (Å²) in [5.41, 5.74) is 1.12. The molecule has 10 heteroatoms. The molecule has 0 heterocycles. The van der Waals surface area contributed by atoms with Crippen molar-refractivity contribution in [3.05, 3.63) is 59.9 Å². The molecule has 0 radical (unpaired) electrons. The summed E-state index contributed by atoms with van der Waals surface area (Å²) < 4.78 is 44.4. The summed E-state index contributed by atoms with van der Waals surface area (Å²) in [5, 5.41) is 2.92. The van der Waals surface area contributed by atoms with E-state index in [-0.39, 0.29) is 43.8 Å². The first-order chi connectivity index (χ1) is 17.0. The Labute approximate surface area is 213 Å². The van der Waals surface area contributed by atoms with Gasteiger partial charge in [-0.2, -0.15) is 0 Å². The minimum Gasteiger partial charge on any atom is -0.497 e. The van der Waals surface area contributed by atoms with Gasteiger partial charge in [0.1, 0.15) is 17.6 Å². The van der Waals surface area contributed by atoms with E-state index in [0.717, 1.165) is 22.5 Å². The molecule has 0 fully saturated rings. The van der Waals surface area contributed by atoms with Crippen LogP contribution in [0.5, 0.6) is 5.75 Å². The number of benzene rings is 2. The fraction of sp³-hybridized carbons (Fsp3) is 0.462. The lowest BCUT2D eigenvalue weighted by molar-refractivity contribution is -0.140. The second kappa shape index (κ2) is 13.2. The number of methoxy groups -OCH3 is 1. The van der Waals surface area contributed by atoms with Crippen molar-refractivity contribution in [3.8, 4) is 5.75 Å². The molecule has 2 amide bonds. The van der Waals surface area contributed by atoms with Gasteiger partial charge >= 0.3 is 0 Å². The van der Waals surface area contributed by atoms with Gasteiger partial charge in [0.2, 0.25) is 21.8 Å². The predicted molar refractivity (Wildman–Crippen MR) is 139 cm³/mol. The summed E-state index contributed by atoms with van der Waals surface area (Å²) in [6.07, 6.45) is 2.07. The molecule has 2 atom stereocenters. The Morgan fingerprint density at radius 1 is 1.11 bits per heavy atom. The van der Waals surface area contributed by atoms with Crippen molar-refractivity contribution in [3.63, 3.8) is 0 Å². The van der Waals surface area contributed by atoms with Crippen molar-refractivity contribution < 1.29 is 27.1 Å². The van der Waals surface area contributed by atoms with Crippen LogP contribution in [0.15, 0.2) is 48.5 Å². The molecule has 0 aliphatic heterocycles. The summed E-state index contributed by atoms with van der Waals surface area (Å²) >= 11 is 0. The lowest BCUT2D eigenvalue weighted by Crippen LogP contribution is -2.49. The van der Waals surface area contributed by atoms with Crippen LogP contribution >= 0.6 is 0 Å². The second-order valence-electron chi connectivity index (χ2n) is 8.78. The van der Waals surface area contributed by atoms with Gasteiger partial charge in [-0.05, 0) is 68.7 Å². The van der Waals surface area contributed by atoms with Gasteiger partial charge in [-0.1, -0.05) is 19.1 Å². The van der Waals surface area contributed by atoms with Crippen LogP contribution in [0.25, 0.3) is 0 Å². The molecule has 0 spiro atoms. The zero-order chi connectivity index (χ0) is 26.9. The van der Waals surface area contributed by atoms with Crippen molar-refractivity contribution in [1.82, 2.24) is 10.2 Å². The molecule has 0 aromatic heterocycles. The smallest absolute Gasteiger partial charge is 0.242 e. The van der Waals surface area contributed by atoms with E-state index in [0.29, 0.717) is 11.4 Å². The molecular weight excluding hydrogens is 485 g/mol. The monoisotopic (exact) mass is 521 g/mol. The highest BCUT2D eigenvalue weighted by Gasteiger charge is 2.27. The van der Waals surface area contributed by atoms with E-state index in [1.54, 1.807) is 26.2 Å². The Balaban J connectivity index is 2.18. The van der Waals surface area contributed by atoms with Gasteiger partial charge < -0.3 is 15.0 Å². The van der Waals surface area contributed by atoms with Crippen molar-refractivity contribution >= 4 is 27.5 Å². The Morgan fingerprint density at radius 3 is 2.36 bits per heavy atom. The molecule has 0 saturated heterocycles. The van der Waals surface area contributed by atoms with Gasteiger partial charge in [-0.15, -0.1) is 0 Å². The Kier molecular flexibility index (Phi) is 10.7. The first-order valence-electron chi connectivity index (χ1n) is 11.9. The fourth-order valence-electron chi connectivity index (χ4n) is 3.63. The fourth-order valence-corrected chi connectivity index (χ4v) is 4.59. The molecule has 0 aliphatic rings.